The first kappa shape index (κ1) is 29.7. The van der Waals surface area contributed by atoms with Gasteiger partial charge in [0.25, 0.3) is 0 Å². The van der Waals surface area contributed by atoms with Gasteiger partial charge in [-0.3, -0.25) is 0 Å². The Morgan fingerprint density at radius 3 is 1.53 bits per heavy atom. The molecule has 0 N–H and O–H groups in total. The predicted molar refractivity (Wildman–Crippen MR) is 206 cm³/mol. The van der Waals surface area contributed by atoms with E-state index < -0.39 is 0 Å². The van der Waals surface area contributed by atoms with Gasteiger partial charge < -0.3 is 4.57 Å². The number of benzene rings is 8. The second-order valence-electron chi connectivity index (χ2n) is 12.6. The van der Waals surface area contributed by atoms with Crippen LogP contribution < -0.4 is 0 Å². The third-order valence-electron chi connectivity index (χ3n) is 9.86. The summed E-state index contributed by atoms with van der Waals surface area (Å²) in [5.41, 5.74) is 9.91. The van der Waals surface area contributed by atoms with Gasteiger partial charge in [0.1, 0.15) is 0 Å². The van der Waals surface area contributed by atoms with Crippen molar-refractivity contribution in [1.29, 1.82) is 15.8 Å². The van der Waals surface area contributed by atoms with E-state index >= 15 is 0 Å². The van der Waals surface area contributed by atoms with E-state index in [0.29, 0.717) is 22.3 Å². The van der Waals surface area contributed by atoms with Gasteiger partial charge in [-0.1, -0.05) is 109 Å². The smallest absolute Gasteiger partial charge is 0.0998 e. The maximum atomic E-state index is 10.7. The van der Waals surface area contributed by atoms with Crippen LogP contribution in [0.4, 0.5) is 0 Å². The second kappa shape index (κ2) is 11.9. The van der Waals surface area contributed by atoms with Gasteiger partial charge in [0.2, 0.25) is 0 Å². The van der Waals surface area contributed by atoms with Crippen LogP contribution in [0.25, 0.3) is 82.4 Å². The van der Waals surface area contributed by atoms with Crippen LogP contribution in [0, 0.1) is 34.0 Å². The van der Waals surface area contributed by atoms with Crippen LogP contribution >= 0.6 is 0 Å². The van der Waals surface area contributed by atoms with E-state index in [1.807, 2.05) is 97.1 Å². The normalized spacial score (nSPS) is 11.1. The molecule has 4 nitrogen and oxygen atoms in total. The summed E-state index contributed by atoms with van der Waals surface area (Å²) in [5.74, 6) is 0. The van der Waals surface area contributed by atoms with Crippen molar-refractivity contribution in [2.45, 2.75) is 0 Å². The average molecular weight is 647 g/mol. The van der Waals surface area contributed by atoms with E-state index in [1.54, 1.807) is 0 Å². The van der Waals surface area contributed by atoms with Gasteiger partial charge in [-0.15, -0.1) is 0 Å². The van der Waals surface area contributed by atoms with E-state index in [9.17, 15) is 15.8 Å². The molecule has 0 amide bonds. The first-order valence-corrected chi connectivity index (χ1v) is 16.7. The molecular formula is C47H26N4. The lowest BCUT2D eigenvalue weighted by Gasteiger charge is -2.19. The highest BCUT2D eigenvalue weighted by Gasteiger charge is 2.22. The fraction of sp³-hybridized carbons (Fsp3) is 0. The van der Waals surface area contributed by atoms with Gasteiger partial charge in [-0.05, 0) is 92.3 Å². The summed E-state index contributed by atoms with van der Waals surface area (Å²) in [6, 6.07) is 60.1. The fourth-order valence-corrected chi connectivity index (χ4v) is 7.71. The average Bonchev–Trinajstić information content (AvgIpc) is 3.53. The summed E-state index contributed by atoms with van der Waals surface area (Å²) >= 11 is 0. The molecule has 0 spiro atoms. The van der Waals surface area contributed by atoms with Crippen LogP contribution in [0.1, 0.15) is 16.7 Å². The van der Waals surface area contributed by atoms with Crippen molar-refractivity contribution in [3.05, 3.63) is 174 Å². The topological polar surface area (TPSA) is 76.3 Å². The van der Waals surface area contributed by atoms with Crippen molar-refractivity contribution in [2.24, 2.45) is 0 Å². The van der Waals surface area contributed by atoms with Gasteiger partial charge in [0.05, 0.1) is 45.9 Å². The maximum Gasteiger partial charge on any atom is 0.0998 e. The van der Waals surface area contributed by atoms with Crippen LogP contribution in [-0.2, 0) is 0 Å². The number of nitrogens with zero attached hydrogens (tertiary/aromatic N) is 4. The predicted octanol–water partition coefficient (Wildman–Crippen LogP) is 11.7. The molecule has 0 radical (unpaired) electrons. The minimum absolute atomic E-state index is 0.443. The molecule has 1 aromatic heterocycles. The van der Waals surface area contributed by atoms with Gasteiger partial charge in [0, 0.05) is 27.6 Å². The molecule has 9 aromatic rings. The zero-order valence-corrected chi connectivity index (χ0v) is 27.3. The molecule has 0 atom stereocenters. The standard InChI is InChI=1S/C47H26N4/c48-27-30-21-22-44-42(23-30)37-15-8-9-20-43(37)51(44)36-14-10-13-32(26-36)33-24-34(28-49)45(35(25-33)29-50)47-40-18-6-4-16-38(40)46(31-11-2-1-3-12-31)39-17-5-7-19-41(39)47/h1-26H. The highest BCUT2D eigenvalue weighted by Crippen LogP contribution is 2.46. The van der Waals surface area contributed by atoms with E-state index in [1.165, 1.54) is 0 Å². The number of rotatable bonds is 4. The molecule has 0 fully saturated rings. The first-order valence-electron chi connectivity index (χ1n) is 16.7. The number of aromatic nitrogens is 1. The molecule has 1 heterocycles. The Bertz CT molecular complexity index is 2910. The monoisotopic (exact) mass is 646 g/mol. The first-order chi connectivity index (χ1) is 25.2. The summed E-state index contributed by atoms with van der Waals surface area (Å²) < 4.78 is 2.20. The molecule has 0 bridgehead atoms. The van der Waals surface area contributed by atoms with Crippen molar-refractivity contribution >= 4 is 43.4 Å². The lowest BCUT2D eigenvalue weighted by atomic mass is 9.82. The fourth-order valence-electron chi connectivity index (χ4n) is 7.71. The number of hydrogen-bond acceptors (Lipinski definition) is 3. The quantitative estimate of drug-likeness (QED) is 0.179. The Morgan fingerprint density at radius 1 is 0.353 bits per heavy atom. The van der Waals surface area contributed by atoms with Crippen molar-refractivity contribution < 1.29 is 0 Å². The molecule has 4 heteroatoms. The number of fused-ring (bicyclic) bond motifs is 5. The lowest BCUT2D eigenvalue weighted by Crippen LogP contribution is -1.97. The highest BCUT2D eigenvalue weighted by molar-refractivity contribution is 6.22. The zero-order chi connectivity index (χ0) is 34.5. The van der Waals surface area contributed by atoms with Crippen molar-refractivity contribution in [2.75, 3.05) is 0 Å². The zero-order valence-electron chi connectivity index (χ0n) is 27.3. The van der Waals surface area contributed by atoms with Gasteiger partial charge >= 0.3 is 0 Å². The summed E-state index contributed by atoms with van der Waals surface area (Å²) in [6.07, 6.45) is 0. The molecule has 8 aromatic carbocycles. The number of para-hydroxylation sites is 1. The van der Waals surface area contributed by atoms with E-state index in [4.69, 9.17) is 0 Å². The molecule has 0 aliphatic rings. The third kappa shape index (κ3) is 4.66. The molecule has 0 aliphatic carbocycles. The van der Waals surface area contributed by atoms with E-state index in [-0.39, 0.29) is 0 Å². The lowest BCUT2D eigenvalue weighted by molar-refractivity contribution is 1.18. The van der Waals surface area contributed by atoms with Gasteiger partial charge in [-0.25, -0.2) is 0 Å². The van der Waals surface area contributed by atoms with Crippen molar-refractivity contribution in [1.82, 2.24) is 4.57 Å². The van der Waals surface area contributed by atoms with Crippen LogP contribution in [0.2, 0.25) is 0 Å². The highest BCUT2D eigenvalue weighted by atomic mass is 15.0. The third-order valence-corrected chi connectivity index (χ3v) is 9.86. The van der Waals surface area contributed by atoms with Gasteiger partial charge in [0.15, 0.2) is 0 Å². The Kier molecular flexibility index (Phi) is 6.93. The largest absolute Gasteiger partial charge is 0.309 e. The molecule has 51 heavy (non-hydrogen) atoms. The summed E-state index contributed by atoms with van der Waals surface area (Å²) in [7, 11) is 0. The Labute approximate surface area is 294 Å². The molecule has 0 saturated heterocycles. The maximum absolute atomic E-state index is 10.7. The van der Waals surface area contributed by atoms with Gasteiger partial charge in [-0.2, -0.15) is 15.8 Å². The van der Waals surface area contributed by atoms with Crippen LogP contribution in [-0.4, -0.2) is 4.57 Å². The Balaban J connectivity index is 1.27. The van der Waals surface area contributed by atoms with E-state index in [2.05, 4.69) is 83.4 Å². The Morgan fingerprint density at radius 2 is 0.902 bits per heavy atom. The van der Waals surface area contributed by atoms with Crippen molar-refractivity contribution in [3.8, 4) is 57.3 Å². The van der Waals surface area contributed by atoms with E-state index in [0.717, 1.165) is 76.9 Å². The summed E-state index contributed by atoms with van der Waals surface area (Å²) in [4.78, 5) is 0. The van der Waals surface area contributed by atoms with Crippen LogP contribution in [0.15, 0.2) is 158 Å². The molecule has 0 aliphatic heterocycles. The molecule has 9 rings (SSSR count). The number of nitriles is 3. The summed E-state index contributed by atoms with van der Waals surface area (Å²) in [5, 5.41) is 37.3. The molecular weight excluding hydrogens is 621 g/mol. The minimum Gasteiger partial charge on any atom is -0.309 e. The molecule has 0 saturated carbocycles. The molecule has 234 valence electrons. The minimum atomic E-state index is 0.443. The van der Waals surface area contributed by atoms with Crippen molar-refractivity contribution in [3.63, 3.8) is 0 Å². The second-order valence-corrected chi connectivity index (χ2v) is 12.6. The Hall–Kier alpha value is -7.45. The SMILES string of the molecule is N#Cc1ccc2c(c1)c1ccccc1n2-c1cccc(-c2cc(C#N)c(-c3c4ccccc4c(-c4ccccc4)c4ccccc34)c(C#N)c2)c1. The summed E-state index contributed by atoms with van der Waals surface area (Å²) in [6.45, 7) is 0. The molecule has 0 unspecified atom stereocenters. The van der Waals surface area contributed by atoms with Crippen LogP contribution in [0.5, 0.6) is 0 Å². The number of hydrogen-bond donors (Lipinski definition) is 0. The van der Waals surface area contributed by atoms with Crippen LogP contribution in [0.3, 0.4) is 0 Å².